The van der Waals surface area contributed by atoms with E-state index in [1.807, 2.05) is 0 Å². The number of hydrogen-bond donors (Lipinski definition) is 2. The van der Waals surface area contributed by atoms with Gasteiger partial charge in [-0.25, -0.2) is 18.7 Å². The van der Waals surface area contributed by atoms with E-state index in [9.17, 15) is 8.78 Å². The lowest BCUT2D eigenvalue weighted by Gasteiger charge is -2.10. The second-order valence-electron chi connectivity index (χ2n) is 4.04. The molecule has 0 bridgehead atoms. The first-order chi connectivity index (χ1) is 9.54. The Morgan fingerprint density at radius 2 is 1.95 bits per heavy atom. The SMILES string of the molecule is Nc1cn2ccnc2c(Nc2c(F)cc(Br)cc2F)n1. The van der Waals surface area contributed by atoms with Gasteiger partial charge >= 0.3 is 0 Å². The first-order valence-corrected chi connectivity index (χ1v) is 6.34. The number of rotatable bonds is 2. The summed E-state index contributed by atoms with van der Waals surface area (Å²) in [6, 6.07) is 2.31. The maximum Gasteiger partial charge on any atom is 0.180 e. The summed E-state index contributed by atoms with van der Waals surface area (Å²) in [6.45, 7) is 0. The first kappa shape index (κ1) is 12.8. The molecule has 5 nitrogen and oxygen atoms in total. The number of nitrogens with zero attached hydrogens (tertiary/aromatic N) is 3. The van der Waals surface area contributed by atoms with Crippen molar-refractivity contribution in [3.05, 3.63) is 46.8 Å². The third-order valence-corrected chi connectivity index (χ3v) is 3.10. The number of imidazole rings is 1. The van der Waals surface area contributed by atoms with Gasteiger partial charge in [-0.05, 0) is 12.1 Å². The summed E-state index contributed by atoms with van der Waals surface area (Å²) in [5, 5.41) is 2.59. The Labute approximate surface area is 120 Å². The molecule has 0 unspecified atom stereocenters. The van der Waals surface area contributed by atoms with Gasteiger partial charge in [0.2, 0.25) is 0 Å². The number of nitrogens with two attached hydrogens (primary N) is 1. The molecule has 0 saturated heterocycles. The van der Waals surface area contributed by atoms with Crippen LogP contribution in [0.1, 0.15) is 0 Å². The Hall–Kier alpha value is -2.22. The van der Waals surface area contributed by atoms with Crippen LogP contribution in [0.3, 0.4) is 0 Å². The average Bonchev–Trinajstić information content (AvgIpc) is 2.81. The molecular formula is C12H8BrF2N5. The van der Waals surface area contributed by atoms with Crippen LogP contribution in [0, 0.1) is 11.6 Å². The van der Waals surface area contributed by atoms with Crippen molar-refractivity contribution in [2.24, 2.45) is 0 Å². The second kappa shape index (κ2) is 4.71. The van der Waals surface area contributed by atoms with Crippen LogP contribution in [0.4, 0.5) is 26.1 Å². The molecule has 0 aliphatic heterocycles. The standard InChI is InChI=1S/C12H8BrF2N5/c13-6-3-7(14)10(8(15)4-6)19-11-12-17-1-2-20(12)5-9(16)18-11/h1-5H,16H2,(H,18,19). The molecule has 0 aliphatic carbocycles. The molecule has 0 radical (unpaired) electrons. The van der Waals surface area contributed by atoms with E-state index in [4.69, 9.17) is 5.73 Å². The Bertz CT molecular complexity index is 779. The van der Waals surface area contributed by atoms with Gasteiger partial charge in [0, 0.05) is 16.9 Å². The lowest BCUT2D eigenvalue weighted by molar-refractivity contribution is 0.589. The predicted molar refractivity (Wildman–Crippen MR) is 74.7 cm³/mol. The van der Waals surface area contributed by atoms with E-state index < -0.39 is 11.6 Å². The van der Waals surface area contributed by atoms with Crippen molar-refractivity contribution in [3.8, 4) is 0 Å². The van der Waals surface area contributed by atoms with Crippen LogP contribution >= 0.6 is 15.9 Å². The number of hydrogen-bond acceptors (Lipinski definition) is 4. The maximum atomic E-state index is 13.8. The van der Waals surface area contributed by atoms with Gasteiger partial charge in [-0.3, -0.25) is 0 Å². The highest BCUT2D eigenvalue weighted by Gasteiger charge is 2.14. The van der Waals surface area contributed by atoms with E-state index >= 15 is 0 Å². The lowest BCUT2D eigenvalue weighted by Crippen LogP contribution is -2.04. The number of nitrogens with one attached hydrogen (secondary N) is 1. The number of anilines is 3. The molecule has 3 rings (SSSR count). The van der Waals surface area contributed by atoms with E-state index in [1.165, 1.54) is 6.20 Å². The minimum Gasteiger partial charge on any atom is -0.382 e. The largest absolute Gasteiger partial charge is 0.382 e. The number of nitrogen functional groups attached to an aromatic ring is 1. The van der Waals surface area contributed by atoms with Gasteiger partial charge < -0.3 is 15.5 Å². The topological polar surface area (TPSA) is 68.2 Å². The molecule has 0 aliphatic rings. The van der Waals surface area contributed by atoms with Gasteiger partial charge in [0.1, 0.15) is 11.5 Å². The summed E-state index contributed by atoms with van der Waals surface area (Å²) in [7, 11) is 0. The molecule has 2 aromatic heterocycles. The van der Waals surface area contributed by atoms with Crippen molar-refractivity contribution < 1.29 is 8.78 Å². The summed E-state index contributed by atoms with van der Waals surface area (Å²) in [4.78, 5) is 8.07. The van der Waals surface area contributed by atoms with Gasteiger partial charge in [-0.15, -0.1) is 0 Å². The van der Waals surface area contributed by atoms with Gasteiger partial charge in [-0.1, -0.05) is 15.9 Å². The van der Waals surface area contributed by atoms with Crippen molar-refractivity contribution >= 4 is 38.9 Å². The highest BCUT2D eigenvalue weighted by atomic mass is 79.9. The van der Waals surface area contributed by atoms with Gasteiger partial charge in [-0.2, -0.15) is 0 Å². The van der Waals surface area contributed by atoms with Crippen molar-refractivity contribution in [2.75, 3.05) is 11.1 Å². The highest BCUT2D eigenvalue weighted by molar-refractivity contribution is 9.10. The summed E-state index contributed by atoms with van der Waals surface area (Å²) in [6.07, 6.45) is 4.75. The fourth-order valence-electron chi connectivity index (χ4n) is 1.81. The number of benzene rings is 1. The molecule has 0 spiro atoms. The zero-order chi connectivity index (χ0) is 14.3. The minimum atomic E-state index is -0.745. The zero-order valence-corrected chi connectivity index (χ0v) is 11.5. The highest BCUT2D eigenvalue weighted by Crippen LogP contribution is 2.27. The summed E-state index contributed by atoms with van der Waals surface area (Å²) >= 11 is 3.02. The Morgan fingerprint density at radius 1 is 1.25 bits per heavy atom. The number of halogens is 3. The molecule has 2 heterocycles. The van der Waals surface area contributed by atoms with Crippen LogP contribution in [0.15, 0.2) is 35.2 Å². The molecule has 1 aromatic carbocycles. The molecule has 8 heteroatoms. The zero-order valence-electron chi connectivity index (χ0n) is 9.94. The van der Waals surface area contributed by atoms with Crippen LogP contribution < -0.4 is 11.1 Å². The van der Waals surface area contributed by atoms with Crippen molar-refractivity contribution in [1.82, 2.24) is 14.4 Å². The third kappa shape index (κ3) is 2.18. The smallest absolute Gasteiger partial charge is 0.180 e. The van der Waals surface area contributed by atoms with Crippen LogP contribution in [0.5, 0.6) is 0 Å². The molecule has 0 fully saturated rings. The van der Waals surface area contributed by atoms with Gasteiger partial charge in [0.05, 0.1) is 6.20 Å². The van der Waals surface area contributed by atoms with E-state index in [0.717, 1.165) is 12.1 Å². The summed E-state index contributed by atoms with van der Waals surface area (Å²) in [5.74, 6) is -1.11. The van der Waals surface area contributed by atoms with Gasteiger partial charge in [0.15, 0.2) is 23.1 Å². The lowest BCUT2D eigenvalue weighted by atomic mass is 10.3. The molecule has 3 aromatic rings. The van der Waals surface area contributed by atoms with Crippen LogP contribution in [0.2, 0.25) is 0 Å². The quantitative estimate of drug-likeness (QED) is 0.752. The average molecular weight is 340 g/mol. The Kier molecular flexibility index (Phi) is 3.01. The maximum absolute atomic E-state index is 13.8. The first-order valence-electron chi connectivity index (χ1n) is 5.55. The van der Waals surface area contributed by atoms with E-state index in [1.54, 1.807) is 16.8 Å². The van der Waals surface area contributed by atoms with Crippen LogP contribution in [-0.4, -0.2) is 14.4 Å². The summed E-state index contributed by atoms with van der Waals surface area (Å²) in [5.41, 5.74) is 5.75. The van der Waals surface area contributed by atoms with E-state index in [0.29, 0.717) is 10.1 Å². The monoisotopic (exact) mass is 339 g/mol. The van der Waals surface area contributed by atoms with Gasteiger partial charge in [0.25, 0.3) is 0 Å². The Balaban J connectivity index is 2.12. The second-order valence-corrected chi connectivity index (χ2v) is 4.96. The Morgan fingerprint density at radius 3 is 2.65 bits per heavy atom. The fourth-order valence-corrected chi connectivity index (χ4v) is 2.22. The molecule has 0 atom stereocenters. The molecule has 0 amide bonds. The van der Waals surface area contributed by atoms with Crippen LogP contribution in [0.25, 0.3) is 5.65 Å². The number of aromatic nitrogens is 3. The molecular weight excluding hydrogens is 332 g/mol. The molecule has 0 saturated carbocycles. The normalized spacial score (nSPS) is 10.9. The molecule has 3 N–H and O–H groups in total. The van der Waals surface area contributed by atoms with Crippen molar-refractivity contribution in [2.45, 2.75) is 0 Å². The number of fused-ring (bicyclic) bond motifs is 1. The van der Waals surface area contributed by atoms with E-state index in [2.05, 4.69) is 31.2 Å². The summed E-state index contributed by atoms with van der Waals surface area (Å²) < 4.78 is 29.5. The van der Waals surface area contributed by atoms with Crippen LogP contribution in [-0.2, 0) is 0 Å². The predicted octanol–water partition coefficient (Wildman–Crippen LogP) is 3.10. The third-order valence-electron chi connectivity index (χ3n) is 2.64. The fraction of sp³-hybridized carbons (Fsp3) is 0. The van der Waals surface area contributed by atoms with Crippen molar-refractivity contribution in [3.63, 3.8) is 0 Å². The molecule has 20 heavy (non-hydrogen) atoms. The minimum absolute atomic E-state index is 0.176. The van der Waals surface area contributed by atoms with Crippen molar-refractivity contribution in [1.29, 1.82) is 0 Å². The molecule has 102 valence electrons. The van der Waals surface area contributed by atoms with E-state index in [-0.39, 0.29) is 17.3 Å².